The van der Waals surface area contributed by atoms with E-state index in [1.54, 1.807) is 90.3 Å². The molecular weight excluding hydrogens is 1540 g/mol. The molecule has 0 saturated heterocycles. The first kappa shape index (κ1) is 82.2. The number of hydrogen-bond acceptors (Lipinski definition) is 10. The summed E-state index contributed by atoms with van der Waals surface area (Å²) in [6.45, 7) is 23.3. The van der Waals surface area contributed by atoms with Crippen LogP contribution >= 0.6 is 0 Å². The van der Waals surface area contributed by atoms with Gasteiger partial charge in [-0.25, -0.2) is 0 Å². The van der Waals surface area contributed by atoms with Crippen LogP contribution in [0.15, 0.2) is 60.7 Å². The van der Waals surface area contributed by atoms with Crippen molar-refractivity contribution in [2.24, 2.45) is 0 Å². The second kappa shape index (κ2) is 47.6. The Labute approximate surface area is 491 Å². The topological polar surface area (TPSA) is 189 Å². The largest absolute Gasteiger partial charge is 0.693 e. The van der Waals surface area contributed by atoms with E-state index in [1.165, 1.54) is 11.1 Å². The SMILES string of the molecule is CC(C)(C)OC([NH-])=O.CC(C)(C)OC([NH-])=O.[CH-]=CCc1cc(OC)cc(OC)c1.[CH2-]CCc1cc(OC)cc(OC)c1.[CH2-]CCc1cc(OC)cc(OC)c1.[NH2-].[W].[W].[W].[Y].[Y].[Y]. The number of nitrogens with one attached hydrogen (secondary N) is 2. The first-order valence-corrected chi connectivity index (χ1v) is 17.4. The Kier molecular flexibility index (Phi) is 63.1. The summed E-state index contributed by atoms with van der Waals surface area (Å²) in [6.07, 6.45) is 4.05. The predicted molar refractivity (Wildman–Crippen MR) is 225 cm³/mol. The standard InChI is InChI=1S/2C11H15O2.C11H13O2.2C5H11NO2.H2N.3W.3Y/c3*1-4-5-9-6-10(12-2)8-11(7-9)13-3;2*1-5(2,3)8-4(6)7;;;;;;;/h2*6-8H,1,4-5H2,2-3H3;1,4,6-8H,5H2,2-3H3;2*1-3H3,(H2,6,7);1H2;;;;;;/q3*-1;;;-1;;;;;;/p-2. The first-order chi connectivity index (χ1) is 25.7. The van der Waals surface area contributed by atoms with E-state index in [1.807, 2.05) is 54.6 Å². The van der Waals surface area contributed by atoms with E-state index < -0.39 is 23.4 Å². The van der Waals surface area contributed by atoms with E-state index >= 15 is 0 Å². The van der Waals surface area contributed by atoms with Crippen LogP contribution in [0.1, 0.15) is 71.1 Å². The van der Waals surface area contributed by atoms with Gasteiger partial charge >= 0.3 is 0 Å². The van der Waals surface area contributed by atoms with Crippen molar-refractivity contribution < 1.29 is 209 Å². The molecule has 19 heteroatoms. The molecule has 0 aliphatic heterocycles. The van der Waals surface area contributed by atoms with Crippen LogP contribution in [0, 0.1) is 20.4 Å². The number of methoxy groups -OCH3 is 6. The third kappa shape index (κ3) is 46.6. The van der Waals surface area contributed by atoms with Gasteiger partial charge in [-0.3, -0.25) is 15.7 Å². The van der Waals surface area contributed by atoms with Gasteiger partial charge in [0.2, 0.25) is 12.2 Å². The summed E-state index contributed by atoms with van der Waals surface area (Å²) in [5.74, 6) is 4.92. The summed E-state index contributed by atoms with van der Waals surface area (Å²) in [5.41, 5.74) is 15.2. The van der Waals surface area contributed by atoms with Gasteiger partial charge in [-0.2, -0.15) is 12.8 Å². The zero-order chi connectivity index (χ0) is 42.6. The predicted octanol–water partition coefficient (Wildman–Crippen LogP) is 11.8. The summed E-state index contributed by atoms with van der Waals surface area (Å²) >= 11 is 0. The number of carbonyl (C=O) groups is 2. The van der Waals surface area contributed by atoms with Crippen LogP contribution in [0.2, 0.25) is 0 Å². The van der Waals surface area contributed by atoms with Crippen molar-refractivity contribution in [2.75, 3.05) is 42.7 Å². The number of nitrogens with two attached hydrogens (primary N) is 1. The maximum atomic E-state index is 9.90. The number of ether oxygens (including phenoxy) is 8. The first-order valence-electron chi connectivity index (χ1n) is 17.4. The molecule has 0 bridgehead atoms. The van der Waals surface area contributed by atoms with Crippen molar-refractivity contribution in [3.8, 4) is 34.5 Å². The van der Waals surface area contributed by atoms with Crippen LogP contribution < -0.4 is 28.4 Å². The van der Waals surface area contributed by atoms with Crippen LogP contribution in [0.25, 0.3) is 17.6 Å². The van der Waals surface area contributed by atoms with E-state index in [0.29, 0.717) is 6.42 Å². The Bertz CT molecular complexity index is 1420. The van der Waals surface area contributed by atoms with Crippen molar-refractivity contribution in [1.29, 1.82) is 0 Å². The number of benzene rings is 3. The molecule has 2 amide bonds. The maximum Gasteiger partial charge on any atom is 0.227 e. The third-order valence-electron chi connectivity index (χ3n) is 6.32. The second-order valence-corrected chi connectivity index (χ2v) is 13.3. The van der Waals surface area contributed by atoms with E-state index in [9.17, 15) is 9.59 Å². The molecule has 0 aliphatic carbocycles. The molecule has 3 aromatic rings. The number of hydrogen-bond donors (Lipinski definition) is 0. The van der Waals surface area contributed by atoms with Gasteiger partial charge in [-0.15, -0.1) is 0 Å². The van der Waals surface area contributed by atoms with Crippen LogP contribution in [0.3, 0.4) is 0 Å². The molecule has 0 spiro atoms. The van der Waals surface area contributed by atoms with Crippen LogP contribution in [0.4, 0.5) is 9.59 Å². The van der Waals surface area contributed by atoms with Crippen molar-refractivity contribution in [3.63, 3.8) is 0 Å². The number of rotatable bonds is 12. The van der Waals surface area contributed by atoms with Gasteiger partial charge in [0.15, 0.2) is 0 Å². The normalized spacial score (nSPS) is 8.87. The fourth-order valence-corrected chi connectivity index (χ4v) is 4.11. The van der Waals surface area contributed by atoms with Gasteiger partial charge in [-0.05, 0) is 101 Å². The third-order valence-corrected chi connectivity index (χ3v) is 6.32. The van der Waals surface area contributed by atoms with Crippen molar-refractivity contribution in [3.05, 3.63) is 115 Å². The molecule has 345 valence electrons. The summed E-state index contributed by atoms with van der Waals surface area (Å²) < 4.78 is 39.7. The molecular formula is C43H65N3O10W3Y3-6. The molecule has 0 atom stereocenters. The fraction of sp³-hybridized carbons (Fsp3) is 0.442. The fourth-order valence-electron chi connectivity index (χ4n) is 4.11. The summed E-state index contributed by atoms with van der Waals surface area (Å²) in [4.78, 5) is 19.8. The minimum Gasteiger partial charge on any atom is -0.693 e. The molecule has 62 heavy (non-hydrogen) atoms. The van der Waals surface area contributed by atoms with Crippen molar-refractivity contribution in [2.45, 2.75) is 84.8 Å². The minimum absolute atomic E-state index is 0. The van der Waals surface area contributed by atoms with Gasteiger partial charge in [0.1, 0.15) is 45.7 Å². The molecule has 0 heterocycles. The molecule has 13 nitrogen and oxygen atoms in total. The quantitative estimate of drug-likeness (QED) is 0.158. The van der Waals surface area contributed by atoms with E-state index in [2.05, 4.69) is 23.3 Å². The number of carbonyl (C=O) groups excluding carboxylic acids is 2. The van der Waals surface area contributed by atoms with Gasteiger partial charge in [0.25, 0.3) is 0 Å². The zero-order valence-electron chi connectivity index (χ0n) is 38.4. The Balaban J connectivity index is -0.0000000799. The van der Waals surface area contributed by atoms with Crippen LogP contribution in [-0.2, 0) is 190 Å². The molecule has 3 rings (SSSR count). The van der Waals surface area contributed by atoms with Crippen LogP contribution in [0.5, 0.6) is 34.5 Å². The number of allylic oxidation sites excluding steroid dienone is 1. The molecule has 0 fully saturated rings. The van der Waals surface area contributed by atoms with E-state index in [4.69, 9.17) is 46.5 Å². The minimum atomic E-state index is -0.975. The van der Waals surface area contributed by atoms with Gasteiger partial charge in [-0.1, -0.05) is 12.8 Å². The average molecular weight is 1600 g/mol. The Hall–Kier alpha value is 0.0766. The molecule has 0 aliphatic rings. The molecule has 4 N–H and O–H groups in total. The molecule has 3 radical (unpaired) electrons. The summed E-state index contributed by atoms with van der Waals surface area (Å²) in [6, 6.07) is 17.5. The monoisotopic (exact) mass is 1600 g/mol. The van der Waals surface area contributed by atoms with Gasteiger partial charge in [0, 0.05) is 180 Å². The summed E-state index contributed by atoms with van der Waals surface area (Å²) in [7, 11) is 9.88. The second-order valence-electron chi connectivity index (χ2n) is 13.3. The van der Waals surface area contributed by atoms with Gasteiger partial charge in [0.05, 0.1) is 42.7 Å². The van der Waals surface area contributed by atoms with E-state index in [-0.39, 0.29) is 167 Å². The molecule has 0 unspecified atom stereocenters. The maximum absolute atomic E-state index is 9.90. The van der Waals surface area contributed by atoms with Crippen molar-refractivity contribution >= 4 is 12.2 Å². The number of aryl methyl sites for hydroxylation is 2. The summed E-state index contributed by atoms with van der Waals surface area (Å²) in [5, 5.41) is 0. The molecule has 3 aromatic carbocycles. The average Bonchev–Trinajstić information content (AvgIpc) is 3.10. The Morgan fingerprint density at radius 1 is 0.516 bits per heavy atom. The number of amides is 2. The zero-order valence-corrected chi connectivity index (χ0v) is 55.7. The Morgan fingerprint density at radius 3 is 0.855 bits per heavy atom. The van der Waals surface area contributed by atoms with Crippen molar-refractivity contribution in [1.82, 2.24) is 0 Å². The Morgan fingerprint density at radius 2 is 0.726 bits per heavy atom. The van der Waals surface area contributed by atoms with Crippen LogP contribution in [-0.4, -0.2) is 66.0 Å². The van der Waals surface area contributed by atoms with Gasteiger partial charge < -0.3 is 75.9 Å². The molecule has 0 saturated carbocycles. The smallest absolute Gasteiger partial charge is 0.227 e. The molecule has 0 aromatic heterocycles. The van der Waals surface area contributed by atoms with E-state index in [0.717, 1.165) is 65.7 Å².